The molecule has 0 atom stereocenters. The molecule has 0 spiro atoms. The number of halogens is 7. The number of nitrogens with one attached hydrogen (secondary N) is 2. The first-order chi connectivity index (χ1) is 14.3. The molecule has 0 aromatic heterocycles. The summed E-state index contributed by atoms with van der Waals surface area (Å²) in [5.74, 6) is -3.33. The largest absolute Gasteiger partial charge is 0.573 e. The second-order valence-corrected chi connectivity index (χ2v) is 7.44. The Balaban J connectivity index is 1.48. The van der Waals surface area contributed by atoms with Gasteiger partial charge in [0.2, 0.25) is 5.91 Å². The summed E-state index contributed by atoms with van der Waals surface area (Å²) >= 11 is 0. The third-order valence-electron chi connectivity index (χ3n) is 5.23. The van der Waals surface area contributed by atoms with Gasteiger partial charge >= 0.3 is 18.6 Å². The molecule has 1 aliphatic carbocycles. The summed E-state index contributed by atoms with van der Waals surface area (Å²) in [5, 5.41) is 4.79. The number of nitrogens with zero attached hydrogens (tertiary/aromatic N) is 1. The highest BCUT2D eigenvalue weighted by Gasteiger charge is 2.69. The number of rotatable bonds is 4. The molecule has 0 bridgehead atoms. The average molecular weight is 457 g/mol. The molecule has 0 unspecified atom stereocenters. The van der Waals surface area contributed by atoms with Crippen LogP contribution in [-0.4, -0.2) is 48.5 Å². The van der Waals surface area contributed by atoms with E-state index in [1.807, 2.05) is 0 Å². The van der Waals surface area contributed by atoms with E-state index in [0.717, 1.165) is 11.0 Å². The van der Waals surface area contributed by atoms with E-state index < -0.39 is 47.5 Å². The predicted molar refractivity (Wildman–Crippen MR) is 92.6 cm³/mol. The lowest BCUT2D eigenvalue weighted by Crippen LogP contribution is -2.51. The van der Waals surface area contributed by atoms with E-state index in [0.29, 0.717) is 12.1 Å². The molecule has 3 rings (SSSR count). The normalized spacial score (nSPS) is 19.0. The van der Waals surface area contributed by atoms with Gasteiger partial charge in [-0.2, -0.15) is 13.2 Å². The second-order valence-electron chi connectivity index (χ2n) is 7.44. The molecule has 2 fully saturated rings. The number of hydrogen-bond acceptors (Lipinski definition) is 3. The summed E-state index contributed by atoms with van der Waals surface area (Å²) in [5.41, 5.74) is -2.41. The molecule has 1 aromatic rings. The first-order valence-corrected chi connectivity index (χ1v) is 9.30. The topological polar surface area (TPSA) is 70.7 Å². The average Bonchev–Trinajstić information content (AvgIpc) is 3.45. The number of likely N-dealkylation sites (tertiary alicyclic amines) is 1. The van der Waals surface area contributed by atoms with E-state index in [2.05, 4.69) is 15.4 Å². The van der Waals surface area contributed by atoms with E-state index >= 15 is 0 Å². The Bertz CT molecular complexity index is 845. The molecule has 1 saturated heterocycles. The first kappa shape index (κ1) is 22.9. The number of hydrogen-bond donors (Lipinski definition) is 2. The van der Waals surface area contributed by atoms with Crippen molar-refractivity contribution < 1.29 is 45.1 Å². The zero-order chi connectivity index (χ0) is 23.0. The van der Waals surface area contributed by atoms with Gasteiger partial charge in [-0.05, 0) is 37.8 Å². The van der Waals surface area contributed by atoms with Crippen molar-refractivity contribution in [2.75, 3.05) is 18.4 Å². The van der Waals surface area contributed by atoms with Gasteiger partial charge in [0.15, 0.2) is 11.6 Å². The molecular formula is C18H18F7N3O3. The Hall–Kier alpha value is -2.73. The van der Waals surface area contributed by atoms with Gasteiger partial charge in [0.1, 0.15) is 5.41 Å². The van der Waals surface area contributed by atoms with Crippen LogP contribution in [0.3, 0.4) is 0 Å². The maximum atomic E-state index is 13.7. The van der Waals surface area contributed by atoms with Crippen molar-refractivity contribution >= 4 is 17.6 Å². The maximum absolute atomic E-state index is 13.7. The molecule has 1 aliphatic heterocycles. The van der Waals surface area contributed by atoms with E-state index in [1.165, 1.54) is 0 Å². The number of piperidine rings is 1. The van der Waals surface area contributed by atoms with Crippen LogP contribution in [0.2, 0.25) is 0 Å². The molecule has 31 heavy (non-hydrogen) atoms. The van der Waals surface area contributed by atoms with Gasteiger partial charge in [-0.25, -0.2) is 9.18 Å². The quantitative estimate of drug-likeness (QED) is 0.667. The minimum atomic E-state index is -5.07. The van der Waals surface area contributed by atoms with Crippen molar-refractivity contribution in [3.8, 4) is 5.75 Å². The smallest absolute Gasteiger partial charge is 0.403 e. The molecular weight excluding hydrogens is 439 g/mol. The molecule has 1 aromatic carbocycles. The lowest BCUT2D eigenvalue weighted by atomic mass is 10.00. The Morgan fingerprint density at radius 3 is 2.16 bits per heavy atom. The summed E-state index contributed by atoms with van der Waals surface area (Å²) in [6.07, 6.45) is -9.66. The maximum Gasteiger partial charge on any atom is 0.573 e. The van der Waals surface area contributed by atoms with Crippen molar-refractivity contribution in [1.29, 1.82) is 0 Å². The Morgan fingerprint density at radius 1 is 1.06 bits per heavy atom. The summed E-state index contributed by atoms with van der Waals surface area (Å²) in [4.78, 5) is 25.4. The van der Waals surface area contributed by atoms with Crippen LogP contribution in [0.4, 0.5) is 41.2 Å². The number of carbonyl (C=O) groups is 2. The lowest BCUT2D eigenvalue weighted by Gasteiger charge is -2.35. The lowest BCUT2D eigenvalue weighted by molar-refractivity contribution is -0.275. The van der Waals surface area contributed by atoms with Crippen molar-refractivity contribution in [2.45, 2.75) is 44.3 Å². The van der Waals surface area contributed by atoms with E-state index in [1.54, 1.807) is 0 Å². The molecule has 1 saturated carbocycles. The summed E-state index contributed by atoms with van der Waals surface area (Å²) < 4.78 is 92.9. The number of anilines is 1. The number of ether oxygens (including phenoxy) is 1. The summed E-state index contributed by atoms with van der Waals surface area (Å²) in [6, 6.07) is 1.15. The fraction of sp³-hybridized carbons (Fsp3) is 0.556. The van der Waals surface area contributed by atoms with Gasteiger partial charge in [0, 0.05) is 30.9 Å². The van der Waals surface area contributed by atoms with Crippen molar-refractivity contribution in [3.05, 3.63) is 24.0 Å². The van der Waals surface area contributed by atoms with E-state index in [9.17, 15) is 40.3 Å². The number of benzene rings is 1. The number of alkyl halides is 6. The van der Waals surface area contributed by atoms with Crippen molar-refractivity contribution in [2.24, 2.45) is 5.41 Å². The highest BCUT2D eigenvalue weighted by molar-refractivity contribution is 5.89. The highest BCUT2D eigenvalue weighted by atomic mass is 19.4. The first-order valence-electron chi connectivity index (χ1n) is 9.30. The SMILES string of the molecule is O=C(Nc1ccc(OC(F)(F)F)c(F)c1)NC1CCN(C(=O)C2(C(F)(F)F)CC2)CC1. The summed E-state index contributed by atoms with van der Waals surface area (Å²) in [7, 11) is 0. The molecule has 0 radical (unpaired) electrons. The van der Waals surface area contributed by atoms with Gasteiger partial charge in [-0.1, -0.05) is 0 Å². The monoisotopic (exact) mass is 457 g/mol. The van der Waals surface area contributed by atoms with Gasteiger partial charge in [0.05, 0.1) is 0 Å². The minimum Gasteiger partial charge on any atom is -0.403 e. The molecule has 6 nitrogen and oxygen atoms in total. The van der Waals surface area contributed by atoms with Crippen LogP contribution in [0.5, 0.6) is 5.75 Å². The number of carbonyl (C=O) groups excluding carboxylic acids is 2. The predicted octanol–water partition coefficient (Wildman–Crippen LogP) is 4.18. The van der Waals surface area contributed by atoms with Gasteiger partial charge in [-0.15, -0.1) is 13.2 Å². The van der Waals surface area contributed by atoms with Gasteiger partial charge < -0.3 is 20.3 Å². The molecule has 3 amide bonds. The van der Waals surface area contributed by atoms with Crippen LogP contribution in [-0.2, 0) is 4.79 Å². The van der Waals surface area contributed by atoms with Crippen LogP contribution in [0.15, 0.2) is 18.2 Å². The van der Waals surface area contributed by atoms with E-state index in [4.69, 9.17) is 0 Å². The Labute approximate surface area is 171 Å². The summed E-state index contributed by atoms with van der Waals surface area (Å²) in [6.45, 7) is 0.0828. The third kappa shape index (κ3) is 5.31. The van der Waals surface area contributed by atoms with E-state index in [-0.39, 0.29) is 44.5 Å². The van der Waals surface area contributed by atoms with Crippen LogP contribution in [0.1, 0.15) is 25.7 Å². The Morgan fingerprint density at radius 2 is 1.68 bits per heavy atom. The third-order valence-corrected chi connectivity index (χ3v) is 5.23. The van der Waals surface area contributed by atoms with Crippen LogP contribution < -0.4 is 15.4 Å². The molecule has 13 heteroatoms. The highest BCUT2D eigenvalue weighted by Crippen LogP contribution is 2.58. The standard InChI is InChI=1S/C18H18F7N3O3/c19-12-9-11(1-2-13(12)31-18(23,24)25)27-15(30)26-10-3-7-28(8-4-10)14(29)16(5-6-16)17(20,21)22/h1-2,9-10H,3-8H2,(H2,26,27,30). The number of amides is 3. The van der Waals surface area contributed by atoms with Crippen LogP contribution >= 0.6 is 0 Å². The minimum absolute atomic E-state index is 0.0414. The fourth-order valence-corrected chi connectivity index (χ4v) is 3.41. The molecule has 1 heterocycles. The zero-order valence-corrected chi connectivity index (χ0v) is 15.9. The van der Waals surface area contributed by atoms with Crippen molar-refractivity contribution in [1.82, 2.24) is 10.2 Å². The van der Waals surface area contributed by atoms with Crippen LogP contribution in [0.25, 0.3) is 0 Å². The fourth-order valence-electron chi connectivity index (χ4n) is 3.41. The second kappa shape index (κ2) is 8.08. The van der Waals surface area contributed by atoms with Gasteiger partial charge in [-0.3, -0.25) is 4.79 Å². The van der Waals surface area contributed by atoms with Crippen LogP contribution in [0, 0.1) is 11.2 Å². The van der Waals surface area contributed by atoms with Crippen molar-refractivity contribution in [3.63, 3.8) is 0 Å². The van der Waals surface area contributed by atoms with Gasteiger partial charge in [0.25, 0.3) is 0 Å². The molecule has 2 N–H and O–H groups in total. The molecule has 172 valence electrons. The zero-order valence-electron chi connectivity index (χ0n) is 15.9. The Kier molecular flexibility index (Phi) is 5.98. The molecule has 2 aliphatic rings. The number of urea groups is 1.